The Labute approximate surface area is 190 Å². The van der Waals surface area contributed by atoms with E-state index in [1.165, 1.54) is 51.4 Å². The van der Waals surface area contributed by atoms with Crippen molar-refractivity contribution >= 4 is 5.97 Å². The number of aliphatic hydroxyl groups excluding tert-OH is 1. The van der Waals surface area contributed by atoms with Crippen LogP contribution in [0.2, 0.25) is 0 Å². The summed E-state index contributed by atoms with van der Waals surface area (Å²) in [5.74, 6) is 4.67. The zero-order valence-electron chi connectivity index (χ0n) is 20.6. The minimum absolute atomic E-state index is 0.0288. The molecule has 5 aliphatic rings. The van der Waals surface area contributed by atoms with Gasteiger partial charge >= 0.3 is 5.97 Å². The third kappa shape index (κ3) is 3.26. The average Bonchev–Trinajstić information content (AvgIpc) is 3.08. The summed E-state index contributed by atoms with van der Waals surface area (Å²) in [5, 5.41) is 10.8. The fourth-order valence-electron chi connectivity index (χ4n) is 9.97. The number of carbonyl (C=O) groups is 1. The first-order chi connectivity index (χ1) is 14.7. The van der Waals surface area contributed by atoms with E-state index in [2.05, 4.69) is 27.7 Å². The fourth-order valence-corrected chi connectivity index (χ4v) is 9.97. The zero-order valence-corrected chi connectivity index (χ0v) is 20.6. The number of rotatable bonds is 2. The van der Waals surface area contributed by atoms with Gasteiger partial charge in [0.05, 0.1) is 12.0 Å². The largest absolute Gasteiger partial charge is 0.462 e. The number of carbonyl (C=O) groups excluding carboxylic acids is 1. The van der Waals surface area contributed by atoms with Crippen LogP contribution in [-0.4, -0.2) is 23.3 Å². The summed E-state index contributed by atoms with van der Waals surface area (Å²) < 4.78 is 6.01. The van der Waals surface area contributed by atoms with Crippen molar-refractivity contribution < 1.29 is 14.6 Å². The van der Waals surface area contributed by atoms with Gasteiger partial charge in [-0.1, -0.05) is 41.0 Å². The Kier molecular flexibility index (Phi) is 5.55. The van der Waals surface area contributed by atoms with E-state index in [1.807, 2.05) is 6.92 Å². The maximum atomic E-state index is 12.4. The van der Waals surface area contributed by atoms with Gasteiger partial charge in [0.2, 0.25) is 0 Å². The average molecular weight is 431 g/mol. The number of aliphatic hydroxyl groups is 1. The van der Waals surface area contributed by atoms with Gasteiger partial charge in [-0.15, -0.1) is 0 Å². The third-order valence-corrected chi connectivity index (χ3v) is 12.0. The molecular formula is C28H46O3. The Morgan fingerprint density at radius 1 is 0.935 bits per heavy atom. The second kappa shape index (κ2) is 7.74. The zero-order chi connectivity index (χ0) is 22.1. The van der Waals surface area contributed by atoms with Gasteiger partial charge in [-0.25, -0.2) is 0 Å². The molecule has 5 fully saturated rings. The van der Waals surface area contributed by atoms with Crippen molar-refractivity contribution in [3.8, 4) is 0 Å². The van der Waals surface area contributed by atoms with Crippen LogP contribution in [0.1, 0.15) is 98.8 Å². The maximum absolute atomic E-state index is 12.4. The topological polar surface area (TPSA) is 46.5 Å². The molecule has 1 heterocycles. The van der Waals surface area contributed by atoms with E-state index in [0.717, 1.165) is 30.6 Å². The normalized spacial score (nSPS) is 55.5. The van der Waals surface area contributed by atoms with Gasteiger partial charge in [0.1, 0.15) is 6.10 Å². The van der Waals surface area contributed by atoms with Crippen molar-refractivity contribution in [2.45, 2.75) is 111 Å². The second-order valence-electron chi connectivity index (χ2n) is 13.1. The van der Waals surface area contributed by atoms with Crippen LogP contribution in [0.25, 0.3) is 0 Å². The van der Waals surface area contributed by atoms with Crippen LogP contribution in [0.4, 0.5) is 0 Å². The molecule has 4 saturated carbocycles. The van der Waals surface area contributed by atoms with Gasteiger partial charge in [-0.2, -0.15) is 0 Å². The van der Waals surface area contributed by atoms with Crippen LogP contribution < -0.4 is 0 Å². The summed E-state index contributed by atoms with van der Waals surface area (Å²) in [5.41, 5.74) is 0.756. The summed E-state index contributed by atoms with van der Waals surface area (Å²) in [7, 11) is 0. The monoisotopic (exact) mass is 430 g/mol. The minimum atomic E-state index is -0.0604. The molecule has 1 aliphatic heterocycles. The van der Waals surface area contributed by atoms with Crippen LogP contribution in [0.15, 0.2) is 0 Å². The van der Waals surface area contributed by atoms with Gasteiger partial charge in [0, 0.05) is 0 Å². The molecule has 3 nitrogen and oxygen atoms in total. The Bertz CT molecular complexity index is 704. The molecule has 3 heteroatoms. The van der Waals surface area contributed by atoms with E-state index in [9.17, 15) is 9.90 Å². The lowest BCUT2D eigenvalue weighted by Gasteiger charge is -2.61. The molecule has 0 bridgehead atoms. The molecule has 0 radical (unpaired) electrons. The molecule has 0 aromatic rings. The Morgan fingerprint density at radius 2 is 1.65 bits per heavy atom. The van der Waals surface area contributed by atoms with Crippen LogP contribution in [0, 0.1) is 58.2 Å². The van der Waals surface area contributed by atoms with Crippen molar-refractivity contribution in [1.29, 1.82) is 0 Å². The predicted octanol–water partition coefficient (Wildman–Crippen LogP) is 6.23. The Hall–Kier alpha value is -0.570. The summed E-state index contributed by atoms with van der Waals surface area (Å²) >= 11 is 0. The van der Waals surface area contributed by atoms with Gasteiger partial charge in [0.25, 0.3) is 0 Å². The quantitative estimate of drug-likeness (QED) is 0.528. The molecular weight excluding hydrogens is 384 g/mol. The molecule has 0 aromatic carbocycles. The Morgan fingerprint density at radius 3 is 2.39 bits per heavy atom. The van der Waals surface area contributed by atoms with Crippen molar-refractivity contribution in [2.24, 2.45) is 58.2 Å². The van der Waals surface area contributed by atoms with Crippen molar-refractivity contribution in [2.75, 3.05) is 0 Å². The van der Waals surface area contributed by atoms with Gasteiger partial charge in [-0.3, -0.25) is 4.79 Å². The first kappa shape index (κ1) is 22.2. The highest BCUT2D eigenvalue weighted by atomic mass is 16.5. The molecule has 0 spiro atoms. The van der Waals surface area contributed by atoms with E-state index in [4.69, 9.17) is 4.74 Å². The van der Waals surface area contributed by atoms with E-state index in [0.29, 0.717) is 34.5 Å². The van der Waals surface area contributed by atoms with Crippen LogP contribution >= 0.6 is 0 Å². The predicted molar refractivity (Wildman–Crippen MR) is 123 cm³/mol. The SMILES string of the molecule is CC1C[C@H](C(C)C2CC[C@H]3[C@@H]4CCC5[C@@H](O)CCC[C@]5(C)[C@H]4CC[C@]23C)OC(=O)C1C. The van der Waals surface area contributed by atoms with Crippen molar-refractivity contribution in [3.63, 3.8) is 0 Å². The minimum Gasteiger partial charge on any atom is -0.462 e. The standard InChI is InChI=1S/C28H46O3/c1-16-15-25(31-26(30)17(16)2)18(3)20-10-11-21-19-8-9-23-24(29)7-6-13-27(23,4)22(19)12-14-28(20,21)5/h16-25,29H,6-15H2,1-5H3/t16?,17?,18?,19-,20?,21-,22-,23?,24-,25+,27+,28+/m0/s1. The van der Waals surface area contributed by atoms with E-state index >= 15 is 0 Å². The molecule has 4 aliphatic carbocycles. The number of hydrogen-bond donors (Lipinski definition) is 1. The van der Waals surface area contributed by atoms with Gasteiger partial charge in [0.15, 0.2) is 0 Å². The first-order valence-electron chi connectivity index (χ1n) is 13.6. The Balaban J connectivity index is 1.35. The first-order valence-corrected chi connectivity index (χ1v) is 13.6. The summed E-state index contributed by atoms with van der Waals surface area (Å²) in [6, 6.07) is 0. The summed E-state index contributed by atoms with van der Waals surface area (Å²) in [6.45, 7) is 11.8. The lowest BCUT2D eigenvalue weighted by atomic mass is 9.44. The van der Waals surface area contributed by atoms with E-state index < -0.39 is 0 Å². The summed E-state index contributed by atoms with van der Waals surface area (Å²) in [4.78, 5) is 12.4. The lowest BCUT2D eigenvalue weighted by molar-refractivity contribution is -0.173. The van der Waals surface area contributed by atoms with Crippen LogP contribution in [-0.2, 0) is 9.53 Å². The number of esters is 1. The van der Waals surface area contributed by atoms with Gasteiger partial charge < -0.3 is 9.84 Å². The van der Waals surface area contributed by atoms with E-state index in [-0.39, 0.29) is 24.1 Å². The third-order valence-electron chi connectivity index (χ3n) is 12.0. The number of cyclic esters (lactones) is 1. The molecule has 1 N–H and O–H groups in total. The highest BCUT2D eigenvalue weighted by Crippen LogP contribution is 2.68. The molecule has 176 valence electrons. The fraction of sp³-hybridized carbons (Fsp3) is 0.964. The molecule has 31 heavy (non-hydrogen) atoms. The molecule has 1 saturated heterocycles. The lowest BCUT2D eigenvalue weighted by Crippen LogP contribution is -2.56. The molecule has 5 rings (SSSR count). The van der Waals surface area contributed by atoms with Gasteiger partial charge in [-0.05, 0) is 110 Å². The highest BCUT2D eigenvalue weighted by molar-refractivity contribution is 5.73. The van der Waals surface area contributed by atoms with Crippen molar-refractivity contribution in [1.82, 2.24) is 0 Å². The number of ether oxygens (including phenoxy) is 1. The second-order valence-corrected chi connectivity index (χ2v) is 13.1. The maximum Gasteiger partial charge on any atom is 0.309 e. The molecule has 12 atom stereocenters. The summed E-state index contributed by atoms with van der Waals surface area (Å²) in [6.07, 6.45) is 12.6. The smallest absolute Gasteiger partial charge is 0.309 e. The molecule has 5 unspecified atom stereocenters. The number of hydrogen-bond acceptors (Lipinski definition) is 3. The van der Waals surface area contributed by atoms with Crippen molar-refractivity contribution in [3.05, 3.63) is 0 Å². The molecule has 0 amide bonds. The van der Waals surface area contributed by atoms with Crippen LogP contribution in [0.5, 0.6) is 0 Å². The highest BCUT2D eigenvalue weighted by Gasteiger charge is 2.61. The van der Waals surface area contributed by atoms with Crippen LogP contribution in [0.3, 0.4) is 0 Å². The van der Waals surface area contributed by atoms with E-state index in [1.54, 1.807) is 0 Å². The number of fused-ring (bicyclic) bond motifs is 5. The molecule has 0 aromatic heterocycles.